The first-order valence-corrected chi connectivity index (χ1v) is 6.71. The van der Waals surface area contributed by atoms with Crippen LogP contribution in [0.2, 0.25) is 0 Å². The number of amides is 1. The van der Waals surface area contributed by atoms with Crippen molar-refractivity contribution in [3.8, 4) is 0 Å². The molecule has 0 bridgehead atoms. The molecule has 0 radical (unpaired) electrons. The number of hydrogen-bond acceptors (Lipinski definition) is 3. The molecule has 2 rings (SSSR count). The fourth-order valence-corrected chi connectivity index (χ4v) is 2.20. The highest BCUT2D eigenvalue weighted by Gasteiger charge is 2.17. The van der Waals surface area contributed by atoms with Gasteiger partial charge in [0.05, 0.1) is 12.2 Å². The van der Waals surface area contributed by atoms with Crippen molar-refractivity contribution in [1.82, 2.24) is 10.6 Å². The normalized spacial score (nSPS) is 16.1. The van der Waals surface area contributed by atoms with Crippen molar-refractivity contribution in [2.45, 2.75) is 19.9 Å². The number of carbonyl (C=O) groups is 1. The average molecular weight is 265 g/mol. The lowest BCUT2D eigenvalue weighted by atomic mass is 10.1. The minimum Gasteiger partial charge on any atom is -0.360 e. The van der Waals surface area contributed by atoms with E-state index < -0.39 is 0 Å². The number of anilines is 1. The van der Waals surface area contributed by atoms with Crippen LogP contribution in [0.5, 0.6) is 0 Å². The third-order valence-electron chi connectivity index (χ3n) is 3.19. The highest BCUT2D eigenvalue weighted by Crippen LogP contribution is 2.21. The molecule has 1 amide bonds. The summed E-state index contributed by atoms with van der Waals surface area (Å²) in [5.41, 5.74) is 1.43. The van der Waals surface area contributed by atoms with Gasteiger partial charge in [0.1, 0.15) is 5.82 Å². The highest BCUT2D eigenvalue weighted by atomic mass is 19.1. The van der Waals surface area contributed by atoms with Crippen LogP contribution in [0.3, 0.4) is 0 Å². The van der Waals surface area contributed by atoms with E-state index in [0.717, 1.165) is 18.5 Å². The van der Waals surface area contributed by atoms with Crippen molar-refractivity contribution in [2.75, 3.05) is 31.1 Å². The molecule has 1 aromatic carbocycles. The molecule has 2 N–H and O–H groups in total. The lowest BCUT2D eigenvalue weighted by molar-refractivity contribution is -0.119. The Morgan fingerprint density at radius 2 is 2.32 bits per heavy atom. The summed E-state index contributed by atoms with van der Waals surface area (Å²) in [6.07, 6.45) is 0.838. The van der Waals surface area contributed by atoms with Gasteiger partial charge in [0.2, 0.25) is 5.91 Å². The molecule has 0 aromatic heterocycles. The first-order chi connectivity index (χ1) is 9.20. The molecular formula is C14H20FN3O. The zero-order chi connectivity index (χ0) is 13.7. The van der Waals surface area contributed by atoms with Crippen molar-refractivity contribution in [1.29, 1.82) is 0 Å². The first-order valence-electron chi connectivity index (χ1n) is 6.71. The Balaban J connectivity index is 2.12. The van der Waals surface area contributed by atoms with Crippen molar-refractivity contribution in [3.63, 3.8) is 0 Å². The predicted octanol–water partition coefficient (Wildman–Crippen LogP) is 1.26. The molecule has 4 nitrogen and oxygen atoms in total. The minimum absolute atomic E-state index is 0.0476. The summed E-state index contributed by atoms with van der Waals surface area (Å²) in [5, 5.41) is 5.95. The molecule has 1 heterocycles. The molecule has 0 unspecified atom stereocenters. The van der Waals surface area contributed by atoms with Crippen LogP contribution in [-0.4, -0.2) is 32.1 Å². The SMILES string of the molecule is CCNCc1ccc(N2CCCNC(=O)C2)c(F)c1. The van der Waals surface area contributed by atoms with Gasteiger partial charge < -0.3 is 15.5 Å². The van der Waals surface area contributed by atoms with Gasteiger partial charge in [-0.05, 0) is 30.7 Å². The summed E-state index contributed by atoms with van der Waals surface area (Å²) in [5.74, 6) is -0.307. The van der Waals surface area contributed by atoms with Crippen LogP contribution >= 0.6 is 0 Å². The zero-order valence-corrected chi connectivity index (χ0v) is 11.2. The fraction of sp³-hybridized carbons (Fsp3) is 0.500. The van der Waals surface area contributed by atoms with Crippen LogP contribution in [0.25, 0.3) is 0 Å². The van der Waals surface area contributed by atoms with E-state index in [-0.39, 0.29) is 18.3 Å². The monoisotopic (exact) mass is 265 g/mol. The topological polar surface area (TPSA) is 44.4 Å². The van der Waals surface area contributed by atoms with Gasteiger partial charge >= 0.3 is 0 Å². The van der Waals surface area contributed by atoms with E-state index in [4.69, 9.17) is 0 Å². The molecule has 1 aliphatic heterocycles. The molecule has 0 saturated carbocycles. The maximum Gasteiger partial charge on any atom is 0.239 e. The second kappa shape index (κ2) is 6.52. The van der Waals surface area contributed by atoms with Crippen LogP contribution in [0.4, 0.5) is 10.1 Å². The van der Waals surface area contributed by atoms with Crippen LogP contribution in [0.1, 0.15) is 18.9 Å². The fourth-order valence-electron chi connectivity index (χ4n) is 2.20. The summed E-state index contributed by atoms with van der Waals surface area (Å²) in [4.78, 5) is 13.3. The quantitative estimate of drug-likeness (QED) is 0.861. The number of hydrogen-bond donors (Lipinski definition) is 2. The Hall–Kier alpha value is -1.62. The number of rotatable bonds is 4. The zero-order valence-electron chi connectivity index (χ0n) is 11.2. The van der Waals surface area contributed by atoms with Crippen LogP contribution < -0.4 is 15.5 Å². The third kappa shape index (κ3) is 3.67. The van der Waals surface area contributed by atoms with E-state index in [1.54, 1.807) is 17.0 Å². The number of nitrogens with one attached hydrogen (secondary N) is 2. The molecule has 0 spiro atoms. The summed E-state index contributed by atoms with van der Waals surface area (Å²) in [6.45, 7) is 5.12. The Labute approximate surface area is 113 Å². The van der Waals surface area contributed by atoms with E-state index in [2.05, 4.69) is 10.6 Å². The highest BCUT2D eigenvalue weighted by molar-refractivity contribution is 5.81. The van der Waals surface area contributed by atoms with E-state index in [1.165, 1.54) is 0 Å². The van der Waals surface area contributed by atoms with E-state index >= 15 is 0 Å². The molecule has 0 aliphatic carbocycles. The second-order valence-electron chi connectivity index (χ2n) is 4.69. The van der Waals surface area contributed by atoms with Gasteiger partial charge in [0, 0.05) is 19.6 Å². The largest absolute Gasteiger partial charge is 0.360 e. The minimum atomic E-state index is -0.259. The summed E-state index contributed by atoms with van der Waals surface area (Å²) in [6, 6.07) is 5.21. The van der Waals surface area contributed by atoms with Gasteiger partial charge in [-0.15, -0.1) is 0 Å². The molecule has 1 saturated heterocycles. The average Bonchev–Trinajstić information content (AvgIpc) is 2.61. The van der Waals surface area contributed by atoms with Crippen molar-refractivity contribution >= 4 is 11.6 Å². The lowest BCUT2D eigenvalue weighted by Crippen LogP contribution is -2.33. The summed E-state index contributed by atoms with van der Waals surface area (Å²) in [7, 11) is 0. The van der Waals surface area contributed by atoms with Crippen LogP contribution in [0.15, 0.2) is 18.2 Å². The number of halogens is 1. The van der Waals surface area contributed by atoms with Crippen molar-refractivity contribution in [3.05, 3.63) is 29.6 Å². The van der Waals surface area contributed by atoms with E-state index in [0.29, 0.717) is 25.3 Å². The molecule has 1 fully saturated rings. The van der Waals surface area contributed by atoms with Crippen LogP contribution in [-0.2, 0) is 11.3 Å². The van der Waals surface area contributed by atoms with Gasteiger partial charge in [-0.3, -0.25) is 4.79 Å². The van der Waals surface area contributed by atoms with E-state index in [9.17, 15) is 9.18 Å². The second-order valence-corrected chi connectivity index (χ2v) is 4.69. The molecular weight excluding hydrogens is 245 g/mol. The smallest absolute Gasteiger partial charge is 0.239 e. The maximum absolute atomic E-state index is 14.1. The molecule has 104 valence electrons. The van der Waals surface area contributed by atoms with Gasteiger partial charge in [-0.2, -0.15) is 0 Å². The number of nitrogens with zero attached hydrogens (tertiary/aromatic N) is 1. The number of benzene rings is 1. The van der Waals surface area contributed by atoms with Gasteiger partial charge in [0.25, 0.3) is 0 Å². The Bertz CT molecular complexity index is 450. The molecule has 0 atom stereocenters. The Morgan fingerprint density at radius 3 is 3.05 bits per heavy atom. The molecule has 1 aliphatic rings. The van der Waals surface area contributed by atoms with Gasteiger partial charge in [-0.25, -0.2) is 4.39 Å². The Morgan fingerprint density at radius 1 is 1.47 bits per heavy atom. The summed E-state index contributed by atoms with van der Waals surface area (Å²) < 4.78 is 14.1. The lowest BCUT2D eigenvalue weighted by Gasteiger charge is -2.22. The maximum atomic E-state index is 14.1. The first kappa shape index (κ1) is 13.8. The number of carbonyl (C=O) groups excluding carboxylic acids is 1. The molecule has 5 heteroatoms. The van der Waals surface area contributed by atoms with Gasteiger partial charge in [-0.1, -0.05) is 13.0 Å². The third-order valence-corrected chi connectivity index (χ3v) is 3.19. The van der Waals surface area contributed by atoms with Crippen molar-refractivity contribution in [2.24, 2.45) is 0 Å². The van der Waals surface area contributed by atoms with E-state index in [1.807, 2.05) is 13.0 Å². The predicted molar refractivity (Wildman–Crippen MR) is 73.6 cm³/mol. The van der Waals surface area contributed by atoms with Gasteiger partial charge in [0.15, 0.2) is 0 Å². The Kier molecular flexibility index (Phi) is 4.74. The van der Waals surface area contributed by atoms with Crippen LogP contribution in [0, 0.1) is 5.82 Å². The van der Waals surface area contributed by atoms with Crippen molar-refractivity contribution < 1.29 is 9.18 Å². The molecule has 19 heavy (non-hydrogen) atoms. The standard InChI is InChI=1S/C14H20FN3O/c1-2-16-9-11-4-5-13(12(15)8-11)18-7-3-6-17-14(19)10-18/h4-5,8,16H,2-3,6-7,9-10H2,1H3,(H,17,19). The summed E-state index contributed by atoms with van der Waals surface area (Å²) >= 11 is 0. The molecule has 1 aromatic rings.